The standard InChI is InChI=1S/C30H30N2O6/c1-36-23-7-5-20(6-8-23)26-18-38-28-12-24(9-10-25(28)30(26)35)37-17-22(33)16-31-13-19-11-21(15-31)27-3-2-4-29(34)32(27)14-19/h2-10,12,18-19,21-22,33H,11,13-17H2,1H3/t19-,21+,22?/m1/s1. The molecule has 1 unspecified atom stereocenters. The maximum atomic E-state index is 13.1. The summed E-state index contributed by atoms with van der Waals surface area (Å²) in [5, 5.41) is 11.2. The van der Waals surface area contributed by atoms with Crippen molar-refractivity contribution < 1.29 is 19.0 Å². The Morgan fingerprint density at radius 3 is 2.66 bits per heavy atom. The Kier molecular flexibility index (Phi) is 6.51. The number of hydrogen-bond acceptors (Lipinski definition) is 7. The molecule has 2 aromatic carbocycles. The number of likely N-dealkylation sites (tertiary alicyclic amines) is 1. The molecule has 2 aliphatic heterocycles. The molecule has 1 fully saturated rings. The number of aliphatic hydroxyl groups excluding tert-OH is 1. The van der Waals surface area contributed by atoms with E-state index in [0.29, 0.717) is 46.4 Å². The van der Waals surface area contributed by atoms with Crippen molar-refractivity contribution in [1.29, 1.82) is 0 Å². The van der Waals surface area contributed by atoms with E-state index in [0.717, 1.165) is 37.3 Å². The summed E-state index contributed by atoms with van der Waals surface area (Å²) < 4.78 is 18.7. The Hall–Kier alpha value is -3.88. The number of methoxy groups -OCH3 is 1. The average molecular weight is 515 g/mol. The van der Waals surface area contributed by atoms with Crippen LogP contribution in [0.25, 0.3) is 22.1 Å². The third kappa shape index (κ3) is 4.73. The maximum absolute atomic E-state index is 13.1. The van der Waals surface area contributed by atoms with Crippen LogP contribution in [0.15, 0.2) is 80.9 Å². The first-order valence-corrected chi connectivity index (χ1v) is 12.9. The molecule has 8 nitrogen and oxygen atoms in total. The molecule has 0 aliphatic carbocycles. The van der Waals surface area contributed by atoms with Gasteiger partial charge < -0.3 is 23.6 Å². The van der Waals surface area contributed by atoms with E-state index in [1.54, 1.807) is 43.5 Å². The Balaban J connectivity index is 1.10. The van der Waals surface area contributed by atoms with Gasteiger partial charge in [-0.25, -0.2) is 0 Å². The van der Waals surface area contributed by atoms with Crippen molar-refractivity contribution in [2.24, 2.45) is 5.92 Å². The topological polar surface area (TPSA) is 94.1 Å². The van der Waals surface area contributed by atoms with Gasteiger partial charge in [0.2, 0.25) is 0 Å². The molecule has 196 valence electrons. The minimum absolute atomic E-state index is 0.0715. The summed E-state index contributed by atoms with van der Waals surface area (Å²) in [7, 11) is 1.60. The Bertz CT molecular complexity index is 1570. The number of β-amino-alcohol motifs (C(OH)–C–C–N with tert-alkyl or cyclic N) is 1. The Labute approximate surface area is 219 Å². The second-order valence-corrected chi connectivity index (χ2v) is 10.2. The zero-order chi connectivity index (χ0) is 26.2. The molecule has 2 aliphatic rings. The molecule has 6 rings (SSSR count). The van der Waals surface area contributed by atoms with Gasteiger partial charge in [0.05, 0.1) is 18.1 Å². The first kappa shape index (κ1) is 24.5. The Morgan fingerprint density at radius 1 is 1.03 bits per heavy atom. The fourth-order valence-electron chi connectivity index (χ4n) is 5.86. The molecule has 1 saturated heterocycles. The number of nitrogens with zero attached hydrogens (tertiary/aromatic N) is 2. The van der Waals surface area contributed by atoms with E-state index < -0.39 is 6.10 Å². The van der Waals surface area contributed by atoms with E-state index in [9.17, 15) is 14.7 Å². The summed E-state index contributed by atoms with van der Waals surface area (Å²) in [6.07, 6.45) is 1.87. The van der Waals surface area contributed by atoms with Gasteiger partial charge in [-0.15, -0.1) is 0 Å². The normalized spacial score (nSPS) is 19.6. The number of pyridine rings is 1. The van der Waals surface area contributed by atoms with Crippen molar-refractivity contribution in [2.45, 2.75) is 25.0 Å². The van der Waals surface area contributed by atoms with Crippen LogP contribution in [0.3, 0.4) is 0 Å². The first-order chi connectivity index (χ1) is 18.5. The van der Waals surface area contributed by atoms with Gasteiger partial charge in [0.25, 0.3) is 5.56 Å². The second kappa shape index (κ2) is 10.1. The minimum Gasteiger partial charge on any atom is -0.497 e. The number of piperidine rings is 1. The molecule has 38 heavy (non-hydrogen) atoms. The number of benzene rings is 2. The molecule has 4 aromatic rings. The van der Waals surface area contributed by atoms with Crippen molar-refractivity contribution in [3.05, 3.63) is 93.2 Å². The largest absolute Gasteiger partial charge is 0.497 e. The SMILES string of the molecule is COc1ccc(-c2coc3cc(OCC(O)CN4C[C@H]5C[C@@H](C4)c4cccc(=O)n4C5)ccc3c2=O)cc1. The van der Waals surface area contributed by atoms with E-state index in [1.807, 2.05) is 28.8 Å². The van der Waals surface area contributed by atoms with E-state index in [2.05, 4.69) is 4.90 Å². The predicted molar refractivity (Wildman–Crippen MR) is 144 cm³/mol. The fraction of sp³-hybridized carbons (Fsp3) is 0.333. The third-order valence-corrected chi connectivity index (χ3v) is 7.61. The van der Waals surface area contributed by atoms with Gasteiger partial charge in [0.15, 0.2) is 5.43 Å². The number of rotatable bonds is 7. The number of ether oxygens (including phenoxy) is 2. The molecule has 0 spiro atoms. The van der Waals surface area contributed by atoms with Crippen molar-refractivity contribution >= 4 is 11.0 Å². The molecule has 3 atom stereocenters. The lowest BCUT2D eigenvalue weighted by atomic mass is 9.83. The van der Waals surface area contributed by atoms with Crippen molar-refractivity contribution in [3.63, 3.8) is 0 Å². The summed E-state index contributed by atoms with van der Waals surface area (Å²) in [5.74, 6) is 1.95. The van der Waals surface area contributed by atoms with Gasteiger partial charge in [-0.3, -0.25) is 14.5 Å². The average Bonchev–Trinajstić information content (AvgIpc) is 2.93. The first-order valence-electron chi connectivity index (χ1n) is 12.9. The van der Waals surface area contributed by atoms with Gasteiger partial charge in [-0.2, -0.15) is 0 Å². The van der Waals surface area contributed by atoms with Crippen LogP contribution in [0.4, 0.5) is 0 Å². The maximum Gasteiger partial charge on any atom is 0.250 e. The molecule has 0 radical (unpaired) electrons. The van der Waals surface area contributed by atoms with Crippen molar-refractivity contribution in [3.8, 4) is 22.6 Å². The van der Waals surface area contributed by atoms with Crippen LogP contribution in [0.2, 0.25) is 0 Å². The van der Waals surface area contributed by atoms with Crippen LogP contribution in [-0.4, -0.2) is 54.0 Å². The van der Waals surface area contributed by atoms with Crippen molar-refractivity contribution in [1.82, 2.24) is 9.47 Å². The van der Waals surface area contributed by atoms with E-state index >= 15 is 0 Å². The van der Waals surface area contributed by atoms with Gasteiger partial charge >= 0.3 is 0 Å². The summed E-state index contributed by atoms with van der Waals surface area (Å²) in [6, 6.07) is 17.9. The van der Waals surface area contributed by atoms with Crippen LogP contribution in [-0.2, 0) is 6.54 Å². The molecule has 0 amide bonds. The van der Waals surface area contributed by atoms with E-state index in [4.69, 9.17) is 13.9 Å². The van der Waals surface area contributed by atoms with Gasteiger partial charge in [-0.1, -0.05) is 18.2 Å². The molecule has 0 saturated carbocycles. The van der Waals surface area contributed by atoms with Crippen LogP contribution in [0, 0.1) is 5.92 Å². The molecular formula is C30H30N2O6. The highest BCUT2D eigenvalue weighted by atomic mass is 16.5. The highest BCUT2D eigenvalue weighted by Crippen LogP contribution is 2.35. The number of fused-ring (bicyclic) bond motifs is 5. The number of aromatic nitrogens is 1. The molecule has 8 heteroatoms. The van der Waals surface area contributed by atoms with Gasteiger partial charge in [0, 0.05) is 49.9 Å². The van der Waals surface area contributed by atoms with Crippen LogP contribution in [0.1, 0.15) is 18.0 Å². The number of hydrogen-bond donors (Lipinski definition) is 1. The molecule has 2 bridgehead atoms. The summed E-state index contributed by atoms with van der Waals surface area (Å²) in [6.45, 7) is 3.03. The van der Waals surface area contributed by atoms with Crippen LogP contribution < -0.4 is 20.5 Å². The predicted octanol–water partition coefficient (Wildman–Crippen LogP) is 3.49. The van der Waals surface area contributed by atoms with Crippen molar-refractivity contribution in [2.75, 3.05) is 33.4 Å². The van der Waals surface area contributed by atoms with Gasteiger partial charge in [-0.05, 0) is 48.2 Å². The zero-order valence-corrected chi connectivity index (χ0v) is 21.2. The second-order valence-electron chi connectivity index (χ2n) is 10.2. The summed E-state index contributed by atoms with van der Waals surface area (Å²) in [5.41, 5.74) is 2.70. The van der Waals surface area contributed by atoms with E-state index in [1.165, 1.54) is 6.26 Å². The van der Waals surface area contributed by atoms with Crippen LogP contribution in [0.5, 0.6) is 11.5 Å². The fourth-order valence-corrected chi connectivity index (χ4v) is 5.86. The smallest absolute Gasteiger partial charge is 0.250 e. The lowest BCUT2D eigenvalue weighted by molar-refractivity contribution is 0.0384. The summed E-state index contributed by atoms with van der Waals surface area (Å²) >= 11 is 0. The monoisotopic (exact) mass is 514 g/mol. The Morgan fingerprint density at radius 2 is 1.84 bits per heavy atom. The van der Waals surface area contributed by atoms with Gasteiger partial charge in [0.1, 0.15) is 36.1 Å². The molecule has 2 aromatic heterocycles. The minimum atomic E-state index is -0.674. The molecule has 1 N–H and O–H groups in total. The lowest BCUT2D eigenvalue weighted by Crippen LogP contribution is -2.49. The highest BCUT2D eigenvalue weighted by Gasteiger charge is 2.34. The number of aliphatic hydroxyl groups is 1. The quantitative estimate of drug-likeness (QED) is 0.404. The van der Waals surface area contributed by atoms with Crippen LogP contribution >= 0.6 is 0 Å². The molecular weight excluding hydrogens is 484 g/mol. The molecule has 4 heterocycles. The zero-order valence-electron chi connectivity index (χ0n) is 21.2. The third-order valence-electron chi connectivity index (χ3n) is 7.61. The summed E-state index contributed by atoms with van der Waals surface area (Å²) in [4.78, 5) is 27.6. The lowest BCUT2D eigenvalue weighted by Gasteiger charge is -2.43. The highest BCUT2D eigenvalue weighted by molar-refractivity contribution is 5.82. The van der Waals surface area contributed by atoms with E-state index in [-0.39, 0.29) is 17.6 Å².